The summed E-state index contributed by atoms with van der Waals surface area (Å²) in [5.74, 6) is 0.822. The Morgan fingerprint density at radius 2 is 2.00 bits per heavy atom. The van der Waals surface area contributed by atoms with Gasteiger partial charge in [0.15, 0.2) is 0 Å². The predicted octanol–water partition coefficient (Wildman–Crippen LogP) is 4.02. The van der Waals surface area contributed by atoms with Crippen LogP contribution < -0.4 is 0 Å². The lowest BCUT2D eigenvalue weighted by Crippen LogP contribution is -2.15. The molecule has 3 heteroatoms. The monoisotopic (exact) mass is 232 g/mol. The van der Waals surface area contributed by atoms with Gasteiger partial charge in [-0.25, -0.2) is 0 Å². The fourth-order valence-corrected chi connectivity index (χ4v) is 1.77. The van der Waals surface area contributed by atoms with Crippen molar-refractivity contribution in [1.29, 1.82) is 0 Å². The molecule has 0 aliphatic rings. The Kier molecular flexibility index (Phi) is 3.71. The number of nitro groups is 1. The molecular weight excluding hydrogens is 214 g/mol. The molecule has 3 nitrogen and oxygen atoms in total. The summed E-state index contributed by atoms with van der Waals surface area (Å²) in [6, 6.07) is 5.44. The van der Waals surface area contributed by atoms with Crippen molar-refractivity contribution in [2.75, 3.05) is 0 Å². The minimum absolute atomic E-state index is 0.192. The lowest BCUT2D eigenvalue weighted by Gasteiger charge is -2.21. The van der Waals surface area contributed by atoms with Crippen molar-refractivity contribution in [3.8, 4) is 0 Å². The topological polar surface area (TPSA) is 43.1 Å². The number of hydrogen-bond acceptors (Lipinski definition) is 2. The zero-order chi connectivity index (χ0) is 13.2. The maximum absolute atomic E-state index is 11.3. The van der Waals surface area contributed by atoms with Crippen molar-refractivity contribution in [3.05, 3.63) is 58.0 Å². The first kappa shape index (κ1) is 13.4. The summed E-state index contributed by atoms with van der Waals surface area (Å²) in [4.78, 5) is 11.0. The molecule has 0 unspecified atom stereocenters. The highest BCUT2D eigenvalue weighted by Crippen LogP contribution is 2.36. The zero-order valence-electron chi connectivity index (χ0n) is 10.8. The van der Waals surface area contributed by atoms with Crippen LogP contribution in [0.1, 0.15) is 38.8 Å². The minimum Gasteiger partial charge on any atom is -0.258 e. The smallest absolute Gasteiger partial charge is 0.258 e. The summed E-state index contributed by atoms with van der Waals surface area (Å²) < 4.78 is 0. The van der Waals surface area contributed by atoms with E-state index in [0.717, 1.165) is 11.5 Å². The molecule has 0 bridgehead atoms. The van der Waals surface area contributed by atoms with Gasteiger partial charge in [-0.3, -0.25) is 10.1 Å². The zero-order valence-corrected chi connectivity index (χ0v) is 10.8. The van der Waals surface area contributed by atoms with Crippen molar-refractivity contribution in [3.63, 3.8) is 0 Å². The molecule has 1 radical (unpaired) electrons. The van der Waals surface area contributed by atoms with Crippen LogP contribution in [0.15, 0.2) is 30.9 Å². The minimum atomic E-state index is -0.303. The summed E-state index contributed by atoms with van der Waals surface area (Å²) in [7, 11) is 0. The molecule has 1 rings (SSSR count). The van der Waals surface area contributed by atoms with E-state index in [2.05, 4.69) is 6.58 Å². The number of rotatable bonds is 3. The lowest BCUT2D eigenvalue weighted by molar-refractivity contribution is -0.386. The van der Waals surface area contributed by atoms with Crippen LogP contribution in [0.2, 0.25) is 0 Å². The number of benzene rings is 1. The van der Waals surface area contributed by atoms with Crippen LogP contribution in [0.25, 0.3) is 0 Å². The number of nitro benzene ring substituents is 1. The van der Waals surface area contributed by atoms with Crippen LogP contribution in [0.5, 0.6) is 0 Å². The predicted molar refractivity (Wildman–Crippen MR) is 70.0 cm³/mol. The first-order valence-corrected chi connectivity index (χ1v) is 5.53. The van der Waals surface area contributed by atoms with Crippen molar-refractivity contribution < 1.29 is 4.92 Å². The van der Waals surface area contributed by atoms with E-state index in [-0.39, 0.29) is 16.0 Å². The van der Waals surface area contributed by atoms with Gasteiger partial charge in [-0.2, -0.15) is 0 Å². The maximum Gasteiger partial charge on any atom is 0.277 e. The first-order valence-electron chi connectivity index (χ1n) is 5.53. The van der Waals surface area contributed by atoms with Crippen molar-refractivity contribution in [2.24, 2.45) is 0 Å². The summed E-state index contributed by atoms with van der Waals surface area (Å²) in [5, 5.41) is 11.3. The molecule has 0 N–H and O–H groups in total. The van der Waals surface area contributed by atoms with Crippen LogP contribution in [0, 0.1) is 16.0 Å². The first-order chi connectivity index (χ1) is 7.79. The third kappa shape index (κ3) is 2.73. The van der Waals surface area contributed by atoms with E-state index in [1.165, 1.54) is 0 Å². The quantitative estimate of drug-likeness (QED) is 0.583. The fourth-order valence-electron chi connectivity index (χ4n) is 1.77. The van der Waals surface area contributed by atoms with Gasteiger partial charge in [0.2, 0.25) is 0 Å². The van der Waals surface area contributed by atoms with Crippen LogP contribution in [0.4, 0.5) is 5.69 Å². The van der Waals surface area contributed by atoms with Gasteiger partial charge < -0.3 is 0 Å². The van der Waals surface area contributed by atoms with E-state index >= 15 is 0 Å². The molecule has 0 saturated heterocycles. The summed E-state index contributed by atoms with van der Waals surface area (Å²) in [6.45, 7) is 11.4. The Morgan fingerprint density at radius 3 is 2.41 bits per heavy atom. The van der Waals surface area contributed by atoms with Crippen LogP contribution in [-0.4, -0.2) is 4.92 Å². The second-order valence-corrected chi connectivity index (χ2v) is 5.10. The van der Waals surface area contributed by atoms with Crippen molar-refractivity contribution in [2.45, 2.75) is 33.1 Å². The Balaban J connectivity index is 3.54. The molecule has 0 aromatic heterocycles. The second-order valence-electron chi connectivity index (χ2n) is 5.10. The van der Waals surface area contributed by atoms with Crippen LogP contribution >= 0.6 is 0 Å². The standard InChI is InChI=1S/C14H18NO2/c1-6-10(2)11-8-7-9-12(14(3,4)5)13(11)15(16)17/h6-9H,1H2,2-5H3. The molecule has 0 saturated carbocycles. The highest BCUT2D eigenvalue weighted by molar-refractivity contribution is 5.57. The average molecular weight is 232 g/mol. The van der Waals surface area contributed by atoms with Crippen LogP contribution in [-0.2, 0) is 5.41 Å². The molecule has 0 fully saturated rings. The van der Waals surface area contributed by atoms with Crippen LogP contribution in [0.3, 0.4) is 0 Å². The number of hydrogen-bond donors (Lipinski definition) is 0. The Labute approximate surface area is 102 Å². The average Bonchev–Trinajstić information content (AvgIpc) is 2.25. The fraction of sp³-hybridized carbons (Fsp3) is 0.357. The SMILES string of the molecule is C=C[C](C)c1cccc(C(C)(C)C)c1[N+](=O)[O-]. The van der Waals surface area contributed by atoms with Gasteiger partial charge in [-0.05, 0) is 5.41 Å². The Bertz CT molecular complexity index is 444. The normalized spacial score (nSPS) is 11.6. The van der Waals surface area contributed by atoms with Gasteiger partial charge in [0.25, 0.3) is 5.69 Å². The third-order valence-corrected chi connectivity index (χ3v) is 2.76. The summed E-state index contributed by atoms with van der Waals surface area (Å²) in [5.41, 5.74) is 1.34. The van der Waals surface area contributed by atoms with Gasteiger partial charge in [0, 0.05) is 17.0 Å². The van der Waals surface area contributed by atoms with Gasteiger partial charge in [-0.15, -0.1) is 6.58 Å². The molecule has 0 aliphatic carbocycles. The van der Waals surface area contributed by atoms with Crippen molar-refractivity contribution >= 4 is 5.69 Å². The molecule has 0 atom stereocenters. The van der Waals surface area contributed by atoms with Gasteiger partial charge in [-0.1, -0.05) is 52.0 Å². The number of para-hydroxylation sites is 1. The third-order valence-electron chi connectivity index (χ3n) is 2.76. The van der Waals surface area contributed by atoms with Gasteiger partial charge in [0.05, 0.1) is 4.92 Å². The largest absolute Gasteiger partial charge is 0.277 e. The molecule has 1 aromatic rings. The van der Waals surface area contributed by atoms with Gasteiger partial charge >= 0.3 is 0 Å². The Morgan fingerprint density at radius 1 is 1.41 bits per heavy atom. The highest BCUT2D eigenvalue weighted by Gasteiger charge is 2.28. The second kappa shape index (κ2) is 4.70. The van der Waals surface area contributed by atoms with Crippen molar-refractivity contribution in [1.82, 2.24) is 0 Å². The van der Waals surface area contributed by atoms with E-state index in [1.54, 1.807) is 12.1 Å². The Hall–Kier alpha value is -1.64. The highest BCUT2D eigenvalue weighted by atomic mass is 16.6. The number of nitrogens with zero attached hydrogens (tertiary/aromatic N) is 1. The van der Waals surface area contributed by atoms with E-state index in [0.29, 0.717) is 5.56 Å². The molecule has 0 amide bonds. The van der Waals surface area contributed by atoms with E-state index in [1.807, 2.05) is 39.8 Å². The lowest BCUT2D eigenvalue weighted by atomic mass is 9.83. The summed E-state index contributed by atoms with van der Waals surface area (Å²) in [6.07, 6.45) is 1.65. The molecule has 0 aliphatic heterocycles. The molecular formula is C14H18NO2. The van der Waals surface area contributed by atoms with Gasteiger partial charge in [0.1, 0.15) is 0 Å². The molecule has 1 aromatic carbocycles. The van der Waals surface area contributed by atoms with E-state index < -0.39 is 0 Å². The maximum atomic E-state index is 11.3. The van der Waals surface area contributed by atoms with E-state index in [9.17, 15) is 10.1 Å². The molecule has 91 valence electrons. The number of allylic oxidation sites excluding steroid dienone is 1. The van der Waals surface area contributed by atoms with E-state index in [4.69, 9.17) is 0 Å². The molecule has 0 spiro atoms. The molecule has 0 heterocycles. The molecule has 17 heavy (non-hydrogen) atoms. The summed E-state index contributed by atoms with van der Waals surface area (Å²) >= 11 is 0.